The average molecular weight is 349 g/mol. The molecule has 1 fully saturated rings. The third kappa shape index (κ3) is 9.82. The lowest BCUT2D eigenvalue weighted by molar-refractivity contribution is -0.152. The summed E-state index contributed by atoms with van der Waals surface area (Å²) in [4.78, 5) is 24.2. The van der Waals surface area contributed by atoms with Crippen molar-refractivity contribution in [2.24, 2.45) is 11.8 Å². The third-order valence-electron chi connectivity index (χ3n) is 3.92. The Morgan fingerprint density at radius 1 is 1.17 bits per heavy atom. The molecule has 6 heteroatoms. The monoisotopic (exact) mass is 348 g/mol. The number of hydrogen-bond acceptors (Lipinski definition) is 4. The van der Waals surface area contributed by atoms with Crippen LogP contribution >= 0.6 is 12.4 Å². The standard InChI is InChI=1S/C17H32N2O3.ClH/c1-12(2)11-15(17(21)22-13(3)4)19-16(20)6-5-14-7-9-18-10-8-14;/h12-15,18H,5-11H2,1-4H3,(H,19,20);1H/t15-;/m0./s1. The summed E-state index contributed by atoms with van der Waals surface area (Å²) < 4.78 is 5.25. The number of ether oxygens (including phenoxy) is 1. The van der Waals surface area contributed by atoms with Gasteiger partial charge in [-0.25, -0.2) is 4.79 Å². The van der Waals surface area contributed by atoms with Gasteiger partial charge in [0.2, 0.25) is 5.91 Å². The van der Waals surface area contributed by atoms with Gasteiger partial charge in [-0.15, -0.1) is 12.4 Å². The first kappa shape index (κ1) is 22.2. The molecular formula is C17H33ClN2O3. The fraction of sp³-hybridized carbons (Fsp3) is 0.882. The van der Waals surface area contributed by atoms with Crippen molar-refractivity contribution in [1.29, 1.82) is 0 Å². The van der Waals surface area contributed by atoms with Gasteiger partial charge in [-0.3, -0.25) is 4.79 Å². The van der Waals surface area contributed by atoms with Gasteiger partial charge in [0.05, 0.1) is 6.10 Å². The summed E-state index contributed by atoms with van der Waals surface area (Å²) in [7, 11) is 0. The molecule has 1 rings (SSSR count). The minimum Gasteiger partial charge on any atom is -0.461 e. The Bertz CT molecular complexity index is 356. The maximum atomic E-state index is 12.1. The molecule has 136 valence electrons. The first-order chi connectivity index (χ1) is 10.4. The van der Waals surface area contributed by atoms with Gasteiger partial charge in [0.1, 0.15) is 6.04 Å². The number of rotatable bonds is 8. The highest BCUT2D eigenvalue weighted by atomic mass is 35.5. The van der Waals surface area contributed by atoms with Gasteiger partial charge in [-0.2, -0.15) is 0 Å². The molecule has 0 unspecified atom stereocenters. The fourth-order valence-corrected chi connectivity index (χ4v) is 2.77. The molecule has 1 aliphatic rings. The Balaban J connectivity index is 0.00000484. The Morgan fingerprint density at radius 3 is 2.30 bits per heavy atom. The van der Waals surface area contributed by atoms with Crippen LogP contribution < -0.4 is 10.6 Å². The van der Waals surface area contributed by atoms with E-state index in [1.165, 1.54) is 0 Å². The third-order valence-corrected chi connectivity index (χ3v) is 3.92. The van der Waals surface area contributed by atoms with Crippen LogP contribution in [-0.2, 0) is 14.3 Å². The Labute approximate surface area is 146 Å². The number of halogens is 1. The summed E-state index contributed by atoms with van der Waals surface area (Å²) in [5.41, 5.74) is 0. The van der Waals surface area contributed by atoms with Gasteiger partial charge in [0, 0.05) is 6.42 Å². The predicted molar refractivity (Wildman–Crippen MR) is 94.7 cm³/mol. The van der Waals surface area contributed by atoms with Crippen LogP contribution in [0.4, 0.5) is 0 Å². The van der Waals surface area contributed by atoms with Gasteiger partial charge >= 0.3 is 5.97 Å². The number of nitrogens with one attached hydrogen (secondary N) is 2. The van der Waals surface area contributed by atoms with E-state index >= 15 is 0 Å². The summed E-state index contributed by atoms with van der Waals surface area (Å²) >= 11 is 0. The normalized spacial score (nSPS) is 16.8. The molecule has 0 radical (unpaired) electrons. The molecule has 0 aromatic heterocycles. The van der Waals surface area contributed by atoms with Crippen molar-refractivity contribution < 1.29 is 14.3 Å². The lowest BCUT2D eigenvalue weighted by atomic mass is 9.93. The molecule has 1 heterocycles. The number of piperidine rings is 1. The van der Waals surface area contributed by atoms with E-state index in [0.717, 1.165) is 32.4 Å². The van der Waals surface area contributed by atoms with Crippen LogP contribution in [0, 0.1) is 11.8 Å². The van der Waals surface area contributed by atoms with Gasteiger partial charge < -0.3 is 15.4 Å². The van der Waals surface area contributed by atoms with Crippen LogP contribution in [0.1, 0.15) is 59.8 Å². The van der Waals surface area contributed by atoms with Crippen LogP contribution in [-0.4, -0.2) is 37.1 Å². The molecule has 0 spiro atoms. The van der Waals surface area contributed by atoms with Gasteiger partial charge in [0.15, 0.2) is 0 Å². The van der Waals surface area contributed by atoms with Crippen molar-refractivity contribution in [3.05, 3.63) is 0 Å². The summed E-state index contributed by atoms with van der Waals surface area (Å²) in [5.74, 6) is 0.594. The zero-order valence-electron chi connectivity index (χ0n) is 14.9. The predicted octanol–water partition coefficient (Wildman–Crippen LogP) is 2.67. The summed E-state index contributed by atoms with van der Waals surface area (Å²) in [6.45, 7) is 9.81. The summed E-state index contributed by atoms with van der Waals surface area (Å²) in [5, 5.41) is 6.19. The van der Waals surface area contributed by atoms with Crippen LogP contribution in [0.25, 0.3) is 0 Å². The van der Waals surface area contributed by atoms with Crippen molar-refractivity contribution in [3.63, 3.8) is 0 Å². The summed E-state index contributed by atoms with van der Waals surface area (Å²) in [6.07, 6.45) is 4.13. The van der Waals surface area contributed by atoms with Crippen molar-refractivity contribution >= 4 is 24.3 Å². The van der Waals surface area contributed by atoms with Crippen LogP contribution in [0.2, 0.25) is 0 Å². The molecule has 5 nitrogen and oxygen atoms in total. The zero-order chi connectivity index (χ0) is 16.5. The molecule has 23 heavy (non-hydrogen) atoms. The van der Waals surface area contributed by atoms with Crippen LogP contribution in [0.15, 0.2) is 0 Å². The lowest BCUT2D eigenvalue weighted by Gasteiger charge is -2.23. The minimum absolute atomic E-state index is 0. The number of carbonyl (C=O) groups excluding carboxylic acids is 2. The lowest BCUT2D eigenvalue weighted by Crippen LogP contribution is -2.43. The van der Waals surface area contributed by atoms with E-state index in [1.807, 2.05) is 27.7 Å². The first-order valence-corrected chi connectivity index (χ1v) is 8.59. The first-order valence-electron chi connectivity index (χ1n) is 8.59. The number of hydrogen-bond donors (Lipinski definition) is 2. The zero-order valence-corrected chi connectivity index (χ0v) is 15.7. The highest BCUT2D eigenvalue weighted by Crippen LogP contribution is 2.17. The molecule has 0 saturated carbocycles. The van der Waals surface area contributed by atoms with Crippen molar-refractivity contribution in [1.82, 2.24) is 10.6 Å². The van der Waals surface area contributed by atoms with E-state index in [-0.39, 0.29) is 30.4 Å². The fourth-order valence-electron chi connectivity index (χ4n) is 2.77. The van der Waals surface area contributed by atoms with E-state index in [4.69, 9.17) is 4.74 Å². The SMILES string of the molecule is CC(C)C[C@H](NC(=O)CCC1CCNCC1)C(=O)OC(C)C.Cl. The number of amides is 1. The van der Waals surface area contributed by atoms with E-state index in [1.54, 1.807) is 0 Å². The van der Waals surface area contributed by atoms with Crippen LogP contribution in [0.3, 0.4) is 0 Å². The van der Waals surface area contributed by atoms with Crippen molar-refractivity contribution in [2.75, 3.05) is 13.1 Å². The Morgan fingerprint density at radius 2 is 1.78 bits per heavy atom. The molecule has 1 saturated heterocycles. The van der Waals surface area contributed by atoms with Gasteiger partial charge in [-0.05, 0) is 64.5 Å². The Kier molecular flexibility index (Phi) is 11.3. The van der Waals surface area contributed by atoms with Gasteiger partial charge in [-0.1, -0.05) is 13.8 Å². The minimum atomic E-state index is -0.525. The van der Waals surface area contributed by atoms with Gasteiger partial charge in [0.25, 0.3) is 0 Å². The topological polar surface area (TPSA) is 67.4 Å². The molecular weight excluding hydrogens is 316 g/mol. The quantitative estimate of drug-likeness (QED) is 0.662. The molecule has 2 N–H and O–H groups in total. The highest BCUT2D eigenvalue weighted by Gasteiger charge is 2.24. The second kappa shape index (κ2) is 11.7. The molecule has 0 aromatic carbocycles. The van der Waals surface area contributed by atoms with E-state index in [2.05, 4.69) is 10.6 Å². The maximum Gasteiger partial charge on any atom is 0.328 e. The summed E-state index contributed by atoms with van der Waals surface area (Å²) in [6, 6.07) is -0.525. The molecule has 0 aliphatic carbocycles. The molecule has 1 amide bonds. The smallest absolute Gasteiger partial charge is 0.328 e. The van der Waals surface area contributed by atoms with Crippen molar-refractivity contribution in [2.45, 2.75) is 71.9 Å². The Hall–Kier alpha value is -0.810. The maximum absolute atomic E-state index is 12.1. The van der Waals surface area contributed by atoms with E-state index in [0.29, 0.717) is 24.7 Å². The second-order valence-electron chi connectivity index (χ2n) is 6.97. The molecule has 0 aromatic rings. The highest BCUT2D eigenvalue weighted by molar-refractivity contribution is 5.85. The average Bonchev–Trinajstić information content (AvgIpc) is 2.44. The van der Waals surface area contributed by atoms with Crippen molar-refractivity contribution in [3.8, 4) is 0 Å². The van der Waals surface area contributed by atoms with E-state index in [9.17, 15) is 9.59 Å². The number of carbonyl (C=O) groups is 2. The number of esters is 1. The van der Waals surface area contributed by atoms with E-state index < -0.39 is 6.04 Å². The molecule has 0 bridgehead atoms. The largest absolute Gasteiger partial charge is 0.461 e. The van der Waals surface area contributed by atoms with Crippen LogP contribution in [0.5, 0.6) is 0 Å². The molecule has 1 aliphatic heterocycles. The molecule has 1 atom stereocenters. The second-order valence-corrected chi connectivity index (χ2v) is 6.97.